The fourth-order valence-corrected chi connectivity index (χ4v) is 4.04. The molecule has 0 fully saturated rings. The van der Waals surface area contributed by atoms with Crippen LogP contribution in [0, 0.1) is 0 Å². The second kappa shape index (κ2) is 8.09. The van der Waals surface area contributed by atoms with Crippen LogP contribution in [0.4, 0.5) is 17.1 Å². The first-order chi connectivity index (χ1) is 14.7. The SMILES string of the molecule is CN(c1ccc(N/C(=C2\C(=O)Nc3cc(Cl)ccc32)c2ccccc2)cc1)S(C)(=O)=O. The van der Waals surface area contributed by atoms with Crippen molar-refractivity contribution in [3.63, 3.8) is 0 Å². The van der Waals surface area contributed by atoms with Gasteiger partial charge >= 0.3 is 0 Å². The highest BCUT2D eigenvalue weighted by molar-refractivity contribution is 7.92. The number of carbonyl (C=O) groups excluding carboxylic acids is 1. The molecule has 3 aromatic rings. The molecule has 0 bridgehead atoms. The minimum absolute atomic E-state index is 0.225. The van der Waals surface area contributed by atoms with Crippen molar-refractivity contribution in [3.8, 4) is 0 Å². The molecule has 1 heterocycles. The topological polar surface area (TPSA) is 78.5 Å². The van der Waals surface area contributed by atoms with Crippen LogP contribution in [-0.4, -0.2) is 27.6 Å². The Hall–Kier alpha value is -3.29. The van der Waals surface area contributed by atoms with Crippen LogP contribution >= 0.6 is 11.6 Å². The van der Waals surface area contributed by atoms with E-state index in [0.717, 1.165) is 17.4 Å². The molecule has 31 heavy (non-hydrogen) atoms. The lowest BCUT2D eigenvalue weighted by Gasteiger charge is -2.18. The first-order valence-corrected chi connectivity index (χ1v) is 11.7. The van der Waals surface area contributed by atoms with Gasteiger partial charge < -0.3 is 10.6 Å². The van der Waals surface area contributed by atoms with E-state index in [1.54, 1.807) is 36.4 Å². The molecule has 0 saturated carbocycles. The van der Waals surface area contributed by atoms with Gasteiger partial charge in [-0.15, -0.1) is 0 Å². The molecule has 0 spiro atoms. The Kier molecular flexibility index (Phi) is 5.47. The summed E-state index contributed by atoms with van der Waals surface area (Å²) in [5, 5.41) is 6.76. The second-order valence-electron chi connectivity index (χ2n) is 7.16. The van der Waals surface area contributed by atoms with Gasteiger partial charge in [-0.1, -0.05) is 48.0 Å². The van der Waals surface area contributed by atoms with Gasteiger partial charge in [0, 0.05) is 23.3 Å². The van der Waals surface area contributed by atoms with Crippen LogP contribution in [0.3, 0.4) is 0 Å². The van der Waals surface area contributed by atoms with Crippen LogP contribution in [0.5, 0.6) is 0 Å². The summed E-state index contributed by atoms with van der Waals surface area (Å²) in [6.45, 7) is 0. The summed E-state index contributed by atoms with van der Waals surface area (Å²) in [4.78, 5) is 12.9. The Morgan fingerprint density at radius 2 is 1.68 bits per heavy atom. The average molecular weight is 454 g/mol. The molecule has 8 heteroatoms. The summed E-state index contributed by atoms with van der Waals surface area (Å²) in [6, 6.07) is 21.8. The molecule has 0 radical (unpaired) electrons. The van der Waals surface area contributed by atoms with Gasteiger partial charge in [0.25, 0.3) is 5.91 Å². The lowest BCUT2D eigenvalue weighted by atomic mass is 10.00. The maximum absolute atomic E-state index is 12.9. The van der Waals surface area contributed by atoms with E-state index < -0.39 is 10.0 Å². The summed E-state index contributed by atoms with van der Waals surface area (Å²) in [7, 11) is -1.85. The molecule has 1 aliphatic rings. The third-order valence-electron chi connectivity index (χ3n) is 5.04. The van der Waals surface area contributed by atoms with Gasteiger partial charge in [-0.2, -0.15) is 0 Å². The van der Waals surface area contributed by atoms with Crippen molar-refractivity contribution in [1.82, 2.24) is 0 Å². The number of rotatable bonds is 5. The number of carbonyl (C=O) groups is 1. The maximum Gasteiger partial charge on any atom is 0.258 e. The second-order valence-corrected chi connectivity index (χ2v) is 9.61. The Balaban J connectivity index is 1.79. The molecule has 158 valence electrons. The largest absolute Gasteiger partial charge is 0.354 e. The molecule has 0 unspecified atom stereocenters. The molecule has 0 aromatic heterocycles. The summed E-state index contributed by atoms with van der Waals surface area (Å²) < 4.78 is 24.8. The van der Waals surface area contributed by atoms with E-state index in [4.69, 9.17) is 11.6 Å². The summed E-state index contributed by atoms with van der Waals surface area (Å²) in [6.07, 6.45) is 1.15. The van der Waals surface area contributed by atoms with E-state index >= 15 is 0 Å². The summed E-state index contributed by atoms with van der Waals surface area (Å²) >= 11 is 6.09. The standard InChI is InChI=1S/C23H20ClN3O3S/c1-27(31(2,29)30)18-11-9-17(10-12-18)25-22(15-6-4-3-5-7-15)21-19-13-8-16(24)14-20(19)26-23(21)28/h3-14,25H,1-2H3,(H,26,28)/b22-21-. The highest BCUT2D eigenvalue weighted by atomic mass is 35.5. The number of sulfonamides is 1. The number of amides is 1. The number of hydrogen-bond donors (Lipinski definition) is 2. The smallest absolute Gasteiger partial charge is 0.258 e. The number of nitrogens with zero attached hydrogens (tertiary/aromatic N) is 1. The van der Waals surface area contributed by atoms with Crippen molar-refractivity contribution >= 4 is 55.9 Å². The van der Waals surface area contributed by atoms with E-state index in [9.17, 15) is 13.2 Å². The molecule has 1 aliphatic heterocycles. The maximum atomic E-state index is 12.9. The molecule has 1 amide bonds. The predicted octanol–water partition coefficient (Wildman–Crippen LogP) is 4.67. The molecule has 3 aromatic carbocycles. The van der Waals surface area contributed by atoms with Gasteiger partial charge in [-0.3, -0.25) is 9.10 Å². The molecule has 0 aliphatic carbocycles. The number of anilines is 3. The van der Waals surface area contributed by atoms with Gasteiger partial charge in [0.15, 0.2) is 0 Å². The van der Waals surface area contributed by atoms with Gasteiger partial charge in [0.2, 0.25) is 10.0 Å². The zero-order valence-corrected chi connectivity index (χ0v) is 18.5. The lowest BCUT2D eigenvalue weighted by Crippen LogP contribution is -2.24. The number of nitrogens with one attached hydrogen (secondary N) is 2. The third kappa shape index (κ3) is 4.28. The minimum atomic E-state index is -3.35. The van der Waals surface area contributed by atoms with Crippen LogP contribution in [-0.2, 0) is 14.8 Å². The number of benzene rings is 3. The first kappa shape index (κ1) is 21.0. The number of hydrogen-bond acceptors (Lipinski definition) is 4. The molecule has 0 atom stereocenters. The zero-order chi connectivity index (χ0) is 22.2. The van der Waals surface area contributed by atoms with Gasteiger partial charge in [0.1, 0.15) is 0 Å². The minimum Gasteiger partial charge on any atom is -0.354 e. The highest BCUT2D eigenvalue weighted by Gasteiger charge is 2.28. The Morgan fingerprint density at radius 1 is 1.00 bits per heavy atom. The first-order valence-electron chi connectivity index (χ1n) is 9.46. The van der Waals surface area contributed by atoms with Crippen molar-refractivity contribution in [1.29, 1.82) is 0 Å². The van der Waals surface area contributed by atoms with Crippen LogP contribution in [0.2, 0.25) is 5.02 Å². The monoisotopic (exact) mass is 453 g/mol. The molecule has 0 saturated heterocycles. The predicted molar refractivity (Wildman–Crippen MR) is 127 cm³/mol. The third-order valence-corrected chi connectivity index (χ3v) is 6.48. The molecular weight excluding hydrogens is 434 g/mol. The fourth-order valence-electron chi connectivity index (χ4n) is 3.37. The van der Waals surface area contributed by atoms with Crippen LogP contribution in [0.25, 0.3) is 11.3 Å². The molecule has 2 N–H and O–H groups in total. The lowest BCUT2D eigenvalue weighted by molar-refractivity contribution is -0.110. The van der Waals surface area contributed by atoms with E-state index in [2.05, 4.69) is 10.6 Å². The number of halogens is 1. The highest BCUT2D eigenvalue weighted by Crippen LogP contribution is 2.38. The van der Waals surface area contributed by atoms with Crippen molar-refractivity contribution in [2.45, 2.75) is 0 Å². The normalized spacial score (nSPS) is 14.6. The summed E-state index contributed by atoms with van der Waals surface area (Å²) in [5.74, 6) is -0.225. The van der Waals surface area contributed by atoms with E-state index in [1.165, 1.54) is 11.4 Å². The van der Waals surface area contributed by atoms with Crippen molar-refractivity contribution in [2.24, 2.45) is 0 Å². The van der Waals surface area contributed by atoms with Gasteiger partial charge in [-0.25, -0.2) is 8.42 Å². The van der Waals surface area contributed by atoms with E-state index in [1.807, 2.05) is 36.4 Å². The van der Waals surface area contributed by atoms with Crippen molar-refractivity contribution in [2.75, 3.05) is 28.2 Å². The number of fused-ring (bicyclic) bond motifs is 1. The Bertz CT molecular complexity index is 1290. The zero-order valence-electron chi connectivity index (χ0n) is 16.9. The molecule has 4 rings (SSSR count). The quantitative estimate of drug-likeness (QED) is 0.550. The van der Waals surface area contributed by atoms with Gasteiger partial charge in [-0.05, 0) is 42.0 Å². The van der Waals surface area contributed by atoms with Crippen molar-refractivity contribution in [3.05, 3.63) is 88.9 Å². The Labute approximate surface area is 186 Å². The summed E-state index contributed by atoms with van der Waals surface area (Å²) in [5.41, 5.74) is 4.67. The average Bonchev–Trinajstić information content (AvgIpc) is 3.06. The van der Waals surface area contributed by atoms with Crippen LogP contribution < -0.4 is 14.9 Å². The van der Waals surface area contributed by atoms with Gasteiger partial charge in [0.05, 0.1) is 28.9 Å². The van der Waals surface area contributed by atoms with E-state index in [-0.39, 0.29) is 5.91 Å². The van der Waals surface area contributed by atoms with Crippen LogP contribution in [0.15, 0.2) is 72.8 Å². The molecular formula is C23H20ClN3O3S. The van der Waals surface area contributed by atoms with E-state index in [0.29, 0.717) is 33.4 Å². The molecule has 6 nitrogen and oxygen atoms in total. The van der Waals surface area contributed by atoms with Crippen molar-refractivity contribution < 1.29 is 13.2 Å². The Morgan fingerprint density at radius 3 is 2.32 bits per heavy atom. The fraction of sp³-hybridized carbons (Fsp3) is 0.0870. The van der Waals surface area contributed by atoms with Crippen LogP contribution in [0.1, 0.15) is 11.1 Å².